The molecule has 0 spiro atoms. The fourth-order valence-corrected chi connectivity index (χ4v) is 3.51. The van der Waals surface area contributed by atoms with Crippen LogP contribution >= 0.6 is 0 Å². The number of unbranched alkanes of at least 4 members (excludes halogenated alkanes) is 6. The van der Waals surface area contributed by atoms with Gasteiger partial charge in [0.15, 0.2) is 0 Å². The molecule has 2 nitrogen and oxygen atoms in total. The number of hydrogen-bond acceptors (Lipinski definition) is 2. The molecule has 1 aliphatic rings. The standard InChI is InChI=1S/C19H40N2/c1-5-8-9-10-11-12-13-15-21-17-19(4,7-3)20-16-18(21)14-6-2/h18,20H,5-17H2,1-4H3. The monoisotopic (exact) mass is 296 g/mol. The van der Waals surface area contributed by atoms with Gasteiger partial charge in [0.1, 0.15) is 0 Å². The minimum atomic E-state index is 0.339. The van der Waals surface area contributed by atoms with Crippen LogP contribution in [0.2, 0.25) is 0 Å². The first-order valence-electron chi connectivity index (χ1n) is 9.64. The van der Waals surface area contributed by atoms with Crippen LogP contribution in [0.3, 0.4) is 0 Å². The molecule has 1 fully saturated rings. The van der Waals surface area contributed by atoms with Crippen molar-refractivity contribution >= 4 is 0 Å². The van der Waals surface area contributed by atoms with Crippen LogP contribution in [0.15, 0.2) is 0 Å². The third-order valence-corrected chi connectivity index (χ3v) is 5.28. The lowest BCUT2D eigenvalue weighted by Crippen LogP contribution is -2.62. The van der Waals surface area contributed by atoms with Crippen LogP contribution in [0.4, 0.5) is 0 Å². The predicted molar refractivity (Wildman–Crippen MR) is 95.0 cm³/mol. The first-order valence-corrected chi connectivity index (χ1v) is 9.64. The minimum absolute atomic E-state index is 0.339. The fourth-order valence-electron chi connectivity index (χ4n) is 3.51. The summed E-state index contributed by atoms with van der Waals surface area (Å²) in [4.78, 5) is 2.79. The second kappa shape index (κ2) is 10.6. The number of nitrogens with one attached hydrogen (secondary N) is 1. The van der Waals surface area contributed by atoms with E-state index in [4.69, 9.17) is 0 Å². The number of nitrogens with zero attached hydrogens (tertiary/aromatic N) is 1. The summed E-state index contributed by atoms with van der Waals surface area (Å²) >= 11 is 0. The first-order chi connectivity index (χ1) is 10.1. The highest BCUT2D eigenvalue weighted by atomic mass is 15.2. The Labute approximate surface area is 134 Å². The van der Waals surface area contributed by atoms with Crippen LogP contribution in [0.1, 0.15) is 91.9 Å². The SMILES string of the molecule is CCCCCCCCCN1CC(C)(CC)NCC1CCC. The summed E-state index contributed by atoms with van der Waals surface area (Å²) in [5, 5.41) is 3.79. The average molecular weight is 297 g/mol. The molecule has 1 aliphatic heterocycles. The zero-order valence-electron chi connectivity index (χ0n) is 15.2. The molecule has 21 heavy (non-hydrogen) atoms. The lowest BCUT2D eigenvalue weighted by atomic mass is 9.92. The summed E-state index contributed by atoms with van der Waals surface area (Å²) in [6.45, 7) is 13.1. The van der Waals surface area contributed by atoms with Crippen molar-refractivity contribution in [3.63, 3.8) is 0 Å². The third-order valence-electron chi connectivity index (χ3n) is 5.28. The van der Waals surface area contributed by atoms with Gasteiger partial charge in [0.05, 0.1) is 0 Å². The zero-order valence-corrected chi connectivity index (χ0v) is 15.2. The van der Waals surface area contributed by atoms with E-state index < -0.39 is 0 Å². The Morgan fingerprint density at radius 2 is 1.62 bits per heavy atom. The summed E-state index contributed by atoms with van der Waals surface area (Å²) in [5.74, 6) is 0. The summed E-state index contributed by atoms with van der Waals surface area (Å²) in [6, 6.07) is 0.773. The Hall–Kier alpha value is -0.0800. The molecule has 1 rings (SSSR count). The Morgan fingerprint density at radius 1 is 0.952 bits per heavy atom. The summed E-state index contributed by atoms with van der Waals surface area (Å²) in [5.41, 5.74) is 0.339. The molecule has 0 saturated carbocycles. The van der Waals surface area contributed by atoms with Crippen LogP contribution in [0, 0.1) is 0 Å². The molecule has 1 N–H and O–H groups in total. The topological polar surface area (TPSA) is 15.3 Å². The van der Waals surface area contributed by atoms with E-state index in [0.29, 0.717) is 5.54 Å². The summed E-state index contributed by atoms with van der Waals surface area (Å²) < 4.78 is 0. The van der Waals surface area contributed by atoms with Crippen LogP contribution in [0.5, 0.6) is 0 Å². The molecule has 2 heteroatoms. The van der Waals surface area contributed by atoms with Gasteiger partial charge in [0.2, 0.25) is 0 Å². The summed E-state index contributed by atoms with van der Waals surface area (Å²) in [7, 11) is 0. The van der Waals surface area contributed by atoms with Crippen molar-refractivity contribution in [3.8, 4) is 0 Å². The minimum Gasteiger partial charge on any atom is -0.309 e. The second-order valence-electron chi connectivity index (χ2n) is 7.33. The predicted octanol–water partition coefficient (Wildman–Crippen LogP) is 4.98. The van der Waals surface area contributed by atoms with Crippen molar-refractivity contribution < 1.29 is 0 Å². The van der Waals surface area contributed by atoms with Crippen molar-refractivity contribution in [1.82, 2.24) is 10.2 Å². The Bertz CT molecular complexity index is 254. The largest absolute Gasteiger partial charge is 0.309 e. The quantitative estimate of drug-likeness (QED) is 0.541. The highest BCUT2D eigenvalue weighted by Gasteiger charge is 2.33. The molecule has 0 aromatic heterocycles. The lowest BCUT2D eigenvalue weighted by Gasteiger charge is -2.46. The maximum atomic E-state index is 3.79. The van der Waals surface area contributed by atoms with Crippen molar-refractivity contribution in [3.05, 3.63) is 0 Å². The van der Waals surface area contributed by atoms with Gasteiger partial charge in [-0.2, -0.15) is 0 Å². The normalized spacial score (nSPS) is 27.1. The molecule has 0 amide bonds. The van der Waals surface area contributed by atoms with Crippen molar-refractivity contribution in [2.75, 3.05) is 19.6 Å². The van der Waals surface area contributed by atoms with Gasteiger partial charge < -0.3 is 5.32 Å². The van der Waals surface area contributed by atoms with E-state index in [-0.39, 0.29) is 0 Å². The van der Waals surface area contributed by atoms with E-state index >= 15 is 0 Å². The molecule has 1 saturated heterocycles. The number of rotatable bonds is 11. The van der Waals surface area contributed by atoms with Gasteiger partial charge >= 0.3 is 0 Å². The molecule has 0 bridgehead atoms. The van der Waals surface area contributed by atoms with Crippen LogP contribution in [0.25, 0.3) is 0 Å². The van der Waals surface area contributed by atoms with E-state index in [0.717, 1.165) is 6.04 Å². The van der Waals surface area contributed by atoms with Crippen molar-refractivity contribution in [1.29, 1.82) is 0 Å². The van der Waals surface area contributed by atoms with Crippen LogP contribution in [-0.2, 0) is 0 Å². The first kappa shape index (κ1) is 19.0. The van der Waals surface area contributed by atoms with Gasteiger partial charge in [-0.25, -0.2) is 0 Å². The van der Waals surface area contributed by atoms with E-state index in [1.165, 1.54) is 83.8 Å². The molecule has 1 heterocycles. The highest BCUT2D eigenvalue weighted by molar-refractivity contribution is 4.94. The third kappa shape index (κ3) is 7.15. The zero-order chi connectivity index (χ0) is 15.6. The smallest absolute Gasteiger partial charge is 0.0278 e. The van der Waals surface area contributed by atoms with Gasteiger partial charge in [-0.1, -0.05) is 65.7 Å². The Kier molecular flexibility index (Phi) is 9.59. The molecule has 0 aliphatic carbocycles. The molecule has 2 unspecified atom stereocenters. The van der Waals surface area contributed by atoms with E-state index in [9.17, 15) is 0 Å². The van der Waals surface area contributed by atoms with E-state index in [2.05, 4.69) is 37.9 Å². The molecule has 2 atom stereocenters. The van der Waals surface area contributed by atoms with Crippen molar-refractivity contribution in [2.24, 2.45) is 0 Å². The van der Waals surface area contributed by atoms with Crippen LogP contribution in [-0.4, -0.2) is 36.1 Å². The molecule has 126 valence electrons. The van der Waals surface area contributed by atoms with Gasteiger partial charge in [-0.15, -0.1) is 0 Å². The highest BCUT2D eigenvalue weighted by Crippen LogP contribution is 2.22. The van der Waals surface area contributed by atoms with E-state index in [1.54, 1.807) is 0 Å². The molecule has 0 aromatic carbocycles. The van der Waals surface area contributed by atoms with Gasteiger partial charge in [0, 0.05) is 24.7 Å². The Morgan fingerprint density at radius 3 is 2.24 bits per heavy atom. The maximum absolute atomic E-state index is 3.79. The maximum Gasteiger partial charge on any atom is 0.0278 e. The molecule has 0 radical (unpaired) electrons. The number of hydrogen-bond donors (Lipinski definition) is 1. The molecule has 0 aromatic rings. The van der Waals surface area contributed by atoms with Crippen LogP contribution < -0.4 is 5.32 Å². The van der Waals surface area contributed by atoms with Crippen molar-refractivity contribution in [2.45, 2.75) is 103 Å². The summed E-state index contributed by atoms with van der Waals surface area (Å²) in [6.07, 6.45) is 13.8. The average Bonchev–Trinajstić information content (AvgIpc) is 2.49. The number of piperazine rings is 1. The van der Waals surface area contributed by atoms with Gasteiger partial charge in [-0.3, -0.25) is 4.90 Å². The fraction of sp³-hybridized carbons (Fsp3) is 1.00. The van der Waals surface area contributed by atoms with Gasteiger partial charge in [-0.05, 0) is 32.7 Å². The lowest BCUT2D eigenvalue weighted by molar-refractivity contribution is 0.0774. The van der Waals surface area contributed by atoms with Gasteiger partial charge in [0.25, 0.3) is 0 Å². The van der Waals surface area contributed by atoms with E-state index in [1.807, 2.05) is 0 Å². The Balaban J connectivity index is 2.26. The second-order valence-corrected chi connectivity index (χ2v) is 7.33. The molecular weight excluding hydrogens is 256 g/mol. The molecular formula is C19H40N2.